The molecule has 4 aliphatic heterocycles. The molecule has 0 bridgehead atoms. The van der Waals surface area contributed by atoms with E-state index >= 15 is 4.79 Å². The summed E-state index contributed by atoms with van der Waals surface area (Å²) in [5.41, 5.74) is -4.85. The zero-order chi connectivity index (χ0) is 76.7. The number of carbonyl (C=O) groups excluding carboxylic acids is 2. The standard InChI is InChI=1S/C73H110O32/c1-31-21-39(102-67(92)72-18-17-68(3,4)24-35(72)34-12-13-44-69(5)25-36(77)62(105-65-55(87)52(84)48(80)41(27-75)100-65)71(7,66(90)91)45(69)15-16-70(44,6)73(34,30-76)20-19-72)61(57(89)58(31)103-46(78)14-11-33-22-37(93-8)60(95-10)38(23-33)94-9)104-63-56(88)53(85)59(32(2)98-63)97-28-42-49(81)50(82)43(29-96-42)101-64-54(86)51(83)47(79)40(26-74)99-64/h11-12,14,22-23,31-32,35-36,39-45,47-59,61-65,74-77,79-89H,13,15-21,24-30H2,1-10H3,(H,90,91)/b14-11+/t31-,32-,35+,36-,39+,40+,41+,42-,43+,44+,45-,47-,48+,49-,50-,51-,52-,53-,54+,55+,56+,57-,58-,59-,61-,62+,63-,64-,65-,69-,70+,71-,72-,73-/m0/s1. The number of ether oxygens (including phenoxy) is 13. The number of hydrogen-bond donors (Lipinski definition) is 16. The fraction of sp³-hybridized carbons (Fsp3) is 0.822. The van der Waals surface area contributed by atoms with Gasteiger partial charge in [-0.05, 0) is 142 Å². The summed E-state index contributed by atoms with van der Waals surface area (Å²) in [6, 6.07) is 3.20. The summed E-state index contributed by atoms with van der Waals surface area (Å²) in [6.45, 7) is 10.2. The third-order valence-corrected chi connectivity index (χ3v) is 26.2. The van der Waals surface area contributed by atoms with E-state index in [9.17, 15) is 91.3 Å². The van der Waals surface area contributed by atoms with Crippen molar-refractivity contribution >= 4 is 24.0 Å². The van der Waals surface area contributed by atoms with Gasteiger partial charge in [0.1, 0.15) is 122 Å². The van der Waals surface area contributed by atoms with Crippen LogP contribution in [0.25, 0.3) is 6.08 Å². The maximum atomic E-state index is 16.1. The fourth-order valence-corrected chi connectivity index (χ4v) is 20.2. The van der Waals surface area contributed by atoms with Crippen molar-refractivity contribution in [3.63, 3.8) is 0 Å². The second-order valence-electron chi connectivity index (χ2n) is 32.5. The molecule has 10 aliphatic rings. The van der Waals surface area contributed by atoms with Crippen molar-refractivity contribution in [1.82, 2.24) is 0 Å². The highest BCUT2D eigenvalue weighted by molar-refractivity contribution is 5.87. The van der Waals surface area contributed by atoms with Crippen LogP contribution in [0.2, 0.25) is 0 Å². The summed E-state index contributed by atoms with van der Waals surface area (Å²) in [7, 11) is 4.30. The number of aliphatic carboxylic acids is 1. The van der Waals surface area contributed by atoms with E-state index < -0.39 is 242 Å². The molecule has 32 heteroatoms. The molecule has 1 aromatic rings. The average Bonchev–Trinajstić information content (AvgIpc) is 0.669. The molecule has 0 amide bonds. The molecule has 5 saturated carbocycles. The molecule has 0 unspecified atom stereocenters. The van der Waals surface area contributed by atoms with Gasteiger partial charge in [-0.15, -0.1) is 0 Å². The van der Waals surface area contributed by atoms with Gasteiger partial charge in [0.05, 0.1) is 77.4 Å². The molecule has 594 valence electrons. The van der Waals surface area contributed by atoms with Gasteiger partial charge in [0, 0.05) is 11.5 Å². The molecule has 16 N–H and O–H groups in total. The van der Waals surface area contributed by atoms with Crippen LogP contribution in [-0.4, -0.2) is 307 Å². The van der Waals surface area contributed by atoms with E-state index in [-0.39, 0.29) is 50.0 Å². The van der Waals surface area contributed by atoms with E-state index in [1.807, 2.05) is 6.92 Å². The number of carboxylic acid groups (broad SMARTS) is 1. The van der Waals surface area contributed by atoms with E-state index in [1.165, 1.54) is 41.3 Å². The van der Waals surface area contributed by atoms with Crippen molar-refractivity contribution in [2.45, 2.75) is 266 Å². The first-order valence-corrected chi connectivity index (χ1v) is 36.5. The number of hydrogen-bond acceptors (Lipinski definition) is 31. The Morgan fingerprint density at radius 2 is 1.19 bits per heavy atom. The van der Waals surface area contributed by atoms with Crippen LogP contribution in [0.5, 0.6) is 17.2 Å². The normalized spacial score (nSPS) is 47.6. The highest BCUT2D eigenvalue weighted by atomic mass is 16.7. The first-order valence-electron chi connectivity index (χ1n) is 36.5. The van der Waals surface area contributed by atoms with Crippen molar-refractivity contribution < 1.29 is 158 Å². The van der Waals surface area contributed by atoms with E-state index in [0.717, 1.165) is 11.6 Å². The smallest absolute Gasteiger partial charge is 0.331 e. The van der Waals surface area contributed by atoms with E-state index in [2.05, 4.69) is 26.8 Å². The molecule has 32 nitrogen and oxygen atoms in total. The number of carboxylic acids is 1. The molecule has 0 spiro atoms. The Balaban J connectivity index is 0.844. The van der Waals surface area contributed by atoms with Crippen molar-refractivity contribution in [2.75, 3.05) is 54.4 Å². The third-order valence-electron chi connectivity index (χ3n) is 26.2. The second kappa shape index (κ2) is 31.4. The Bertz CT molecular complexity index is 3250. The Morgan fingerprint density at radius 3 is 1.78 bits per heavy atom. The Labute approximate surface area is 608 Å². The average molecular weight is 1500 g/mol. The molecule has 9 fully saturated rings. The summed E-state index contributed by atoms with van der Waals surface area (Å²) in [6.07, 6.45) is -32.7. The van der Waals surface area contributed by atoms with Gasteiger partial charge in [-0.2, -0.15) is 0 Å². The Morgan fingerprint density at radius 1 is 0.600 bits per heavy atom. The van der Waals surface area contributed by atoms with Gasteiger partial charge in [0.25, 0.3) is 0 Å². The first-order chi connectivity index (χ1) is 49.5. The topological polar surface area (TPSA) is 495 Å². The number of fused-ring (bicyclic) bond motifs is 7. The van der Waals surface area contributed by atoms with Crippen LogP contribution in [0.15, 0.2) is 29.9 Å². The summed E-state index contributed by atoms with van der Waals surface area (Å²) in [5, 5.41) is 178. The molecule has 4 heterocycles. The number of aliphatic hydroxyl groups excluding tert-OH is 15. The van der Waals surface area contributed by atoms with E-state index in [4.69, 9.17) is 61.6 Å². The SMILES string of the molecule is COc1cc(/C=C/C(=O)O[C@@H]2[C@H](O)[C@@H](O[C@@H]3O[C@@H](C)[C@H](OC[C@@H]4OC[C@@H](O[C@@H]5O[C@H](CO)[C@H](O)[C@H](O)[C@H]5O)[C@H](O)[C@H]4O)[C@@H](O)[C@H]3O)[C@H](OC(=O)[C@]34CCC(C)(C)C[C@@H]3C3=CC[C@@H]5[C@]6(C)C[C@H](O)[C@@H](O[C@@H]7O[C@H](CO)[C@@H](O)[C@H](O)[C@H]7O)[C@@](C)(C(=O)O)[C@H]6CC[C@@]5(C)[C@]3(CO)CC4)C[C@@H]2C)cc(OC)c1OC. The third kappa shape index (κ3) is 14.3. The summed E-state index contributed by atoms with van der Waals surface area (Å²) >= 11 is 0. The number of rotatable bonds is 21. The number of allylic oxidation sites excluding steroid dienone is 1. The summed E-state index contributed by atoms with van der Waals surface area (Å²) < 4.78 is 76.8. The van der Waals surface area contributed by atoms with E-state index in [0.29, 0.717) is 54.9 Å². The van der Waals surface area contributed by atoms with Crippen LogP contribution in [-0.2, 0) is 61.8 Å². The quantitative estimate of drug-likeness (QED) is 0.0288. The van der Waals surface area contributed by atoms with Crippen molar-refractivity contribution in [1.29, 1.82) is 0 Å². The molecule has 0 radical (unpaired) electrons. The number of methoxy groups -OCH3 is 3. The van der Waals surface area contributed by atoms with E-state index in [1.54, 1.807) is 19.1 Å². The predicted molar refractivity (Wildman–Crippen MR) is 358 cm³/mol. The molecule has 6 aliphatic carbocycles. The lowest BCUT2D eigenvalue weighted by Crippen LogP contribution is -2.71. The lowest BCUT2D eigenvalue weighted by molar-refractivity contribution is -0.341. The van der Waals surface area contributed by atoms with Gasteiger partial charge in [-0.1, -0.05) is 46.3 Å². The molecule has 11 rings (SSSR count). The van der Waals surface area contributed by atoms with Crippen LogP contribution in [0.3, 0.4) is 0 Å². The molecular weight excluding hydrogens is 1390 g/mol. The van der Waals surface area contributed by atoms with Gasteiger partial charge < -0.3 is 143 Å². The minimum Gasteiger partial charge on any atom is -0.493 e. The number of benzene rings is 1. The fourth-order valence-electron chi connectivity index (χ4n) is 20.2. The molecule has 34 atom stereocenters. The predicted octanol–water partition coefficient (Wildman–Crippen LogP) is -1.51. The number of aliphatic hydroxyl groups is 15. The van der Waals surface area contributed by atoms with Gasteiger partial charge in [-0.3, -0.25) is 9.59 Å². The molecule has 105 heavy (non-hydrogen) atoms. The highest BCUT2D eigenvalue weighted by Gasteiger charge is 2.74. The zero-order valence-corrected chi connectivity index (χ0v) is 60.9. The summed E-state index contributed by atoms with van der Waals surface area (Å²) in [5.74, 6) is -4.25. The first kappa shape index (κ1) is 81.6. The monoisotopic (exact) mass is 1500 g/mol. The Hall–Kier alpha value is -4.41. The van der Waals surface area contributed by atoms with Crippen molar-refractivity contribution in [3.8, 4) is 17.2 Å². The van der Waals surface area contributed by atoms with Crippen molar-refractivity contribution in [3.05, 3.63) is 35.4 Å². The van der Waals surface area contributed by atoms with Gasteiger partial charge >= 0.3 is 17.9 Å². The largest absolute Gasteiger partial charge is 0.493 e. The maximum absolute atomic E-state index is 16.1. The number of carbonyl (C=O) groups is 3. The van der Waals surface area contributed by atoms with Gasteiger partial charge in [0.2, 0.25) is 5.75 Å². The second-order valence-corrected chi connectivity index (χ2v) is 32.5. The maximum Gasteiger partial charge on any atom is 0.331 e. The highest BCUT2D eigenvalue weighted by Crippen LogP contribution is 2.76. The number of esters is 2. The van der Waals surface area contributed by atoms with Gasteiger partial charge in [-0.25, -0.2) is 4.79 Å². The van der Waals surface area contributed by atoms with Crippen LogP contribution in [0, 0.1) is 56.2 Å². The molecule has 1 aromatic carbocycles. The summed E-state index contributed by atoms with van der Waals surface area (Å²) in [4.78, 5) is 44.0. The molecular formula is C73H110O32. The minimum absolute atomic E-state index is 0.0168. The van der Waals surface area contributed by atoms with Crippen LogP contribution >= 0.6 is 0 Å². The molecule has 0 aromatic heterocycles. The lowest BCUT2D eigenvalue weighted by atomic mass is 9.33. The van der Waals surface area contributed by atoms with Crippen molar-refractivity contribution in [2.24, 2.45) is 56.2 Å². The van der Waals surface area contributed by atoms with Crippen LogP contribution in [0.1, 0.15) is 118 Å². The lowest BCUT2D eigenvalue weighted by Gasteiger charge is -2.71. The Kier molecular flexibility index (Phi) is 24.4. The van der Waals surface area contributed by atoms with Crippen LogP contribution < -0.4 is 14.2 Å². The van der Waals surface area contributed by atoms with Crippen LogP contribution in [0.4, 0.5) is 0 Å². The molecule has 4 saturated heterocycles. The van der Waals surface area contributed by atoms with Gasteiger partial charge in [0.15, 0.2) is 30.4 Å². The minimum atomic E-state index is -1.97. The zero-order valence-electron chi connectivity index (χ0n) is 60.9.